The Bertz CT molecular complexity index is 430. The number of hydrogen-bond acceptors (Lipinski definition) is 2. The van der Waals surface area contributed by atoms with E-state index in [9.17, 15) is 4.79 Å². The normalized spacial score (nSPS) is 23.1. The molecule has 1 saturated carbocycles. The zero-order valence-corrected chi connectivity index (χ0v) is 11.5. The molecular weight excluding hydrogens is 271 g/mol. The van der Waals surface area contributed by atoms with E-state index in [4.69, 9.17) is 28.9 Å². The van der Waals surface area contributed by atoms with Gasteiger partial charge in [-0.15, -0.1) is 0 Å². The van der Waals surface area contributed by atoms with Gasteiger partial charge in [0.2, 0.25) is 0 Å². The average molecular weight is 287 g/mol. The molecule has 1 aliphatic carbocycles. The number of nitrogens with two attached hydrogens (primary N) is 1. The highest BCUT2D eigenvalue weighted by Crippen LogP contribution is 2.25. The van der Waals surface area contributed by atoms with Crippen molar-refractivity contribution in [1.82, 2.24) is 5.32 Å². The molecule has 5 heteroatoms. The zero-order chi connectivity index (χ0) is 13.1. The second kappa shape index (κ2) is 5.91. The van der Waals surface area contributed by atoms with Gasteiger partial charge in [0.1, 0.15) is 0 Å². The van der Waals surface area contributed by atoms with E-state index in [2.05, 4.69) is 5.32 Å². The lowest BCUT2D eigenvalue weighted by Gasteiger charge is -2.19. The number of carbonyl (C=O) groups excluding carboxylic acids is 1. The lowest BCUT2D eigenvalue weighted by Crippen LogP contribution is -2.39. The molecule has 1 aliphatic rings. The fourth-order valence-corrected chi connectivity index (χ4v) is 2.97. The number of benzene rings is 1. The van der Waals surface area contributed by atoms with Crippen LogP contribution in [0.3, 0.4) is 0 Å². The Morgan fingerprint density at radius 3 is 2.56 bits per heavy atom. The predicted molar refractivity (Wildman–Crippen MR) is 74.1 cm³/mol. The monoisotopic (exact) mass is 286 g/mol. The Morgan fingerprint density at radius 1 is 1.28 bits per heavy atom. The molecule has 0 bridgehead atoms. The van der Waals surface area contributed by atoms with Gasteiger partial charge in [0.05, 0.1) is 0 Å². The summed E-state index contributed by atoms with van der Waals surface area (Å²) >= 11 is 11.8. The maximum atomic E-state index is 12.1. The number of halogens is 2. The van der Waals surface area contributed by atoms with Gasteiger partial charge in [-0.3, -0.25) is 4.79 Å². The Labute approximate surface area is 117 Å². The van der Waals surface area contributed by atoms with Crippen LogP contribution < -0.4 is 11.1 Å². The van der Waals surface area contributed by atoms with Crippen molar-refractivity contribution < 1.29 is 4.79 Å². The minimum Gasteiger partial charge on any atom is -0.349 e. The molecule has 0 spiro atoms. The smallest absolute Gasteiger partial charge is 0.251 e. The topological polar surface area (TPSA) is 55.1 Å². The first-order valence-electron chi connectivity index (χ1n) is 6.07. The fourth-order valence-electron chi connectivity index (χ4n) is 2.45. The zero-order valence-electron chi connectivity index (χ0n) is 9.96. The second-order valence-electron chi connectivity index (χ2n) is 4.66. The van der Waals surface area contributed by atoms with Crippen molar-refractivity contribution in [1.29, 1.82) is 0 Å². The molecular formula is C13H16Cl2N2O. The summed E-state index contributed by atoms with van der Waals surface area (Å²) < 4.78 is 0. The van der Waals surface area contributed by atoms with Crippen LogP contribution in [0.25, 0.3) is 0 Å². The maximum absolute atomic E-state index is 12.1. The van der Waals surface area contributed by atoms with Crippen LogP contribution in [0.4, 0.5) is 0 Å². The van der Waals surface area contributed by atoms with E-state index < -0.39 is 0 Å². The van der Waals surface area contributed by atoms with Crippen LogP contribution >= 0.6 is 23.2 Å². The van der Waals surface area contributed by atoms with E-state index in [-0.39, 0.29) is 11.9 Å². The van der Waals surface area contributed by atoms with Crippen molar-refractivity contribution >= 4 is 29.1 Å². The lowest BCUT2D eigenvalue weighted by atomic mass is 10.0. The molecule has 1 aromatic carbocycles. The minimum absolute atomic E-state index is 0.134. The highest BCUT2D eigenvalue weighted by Gasteiger charge is 2.27. The van der Waals surface area contributed by atoms with Crippen molar-refractivity contribution in [2.24, 2.45) is 11.7 Å². The molecule has 0 aromatic heterocycles. The molecule has 2 rings (SSSR count). The van der Waals surface area contributed by atoms with Gasteiger partial charge in [-0.2, -0.15) is 0 Å². The van der Waals surface area contributed by atoms with E-state index in [0.717, 1.165) is 19.3 Å². The van der Waals surface area contributed by atoms with Crippen LogP contribution in [0.1, 0.15) is 29.6 Å². The van der Waals surface area contributed by atoms with Crippen LogP contribution in [0, 0.1) is 5.92 Å². The largest absolute Gasteiger partial charge is 0.349 e. The van der Waals surface area contributed by atoms with Crippen LogP contribution in [-0.4, -0.2) is 18.5 Å². The molecule has 2 unspecified atom stereocenters. The first-order valence-corrected chi connectivity index (χ1v) is 6.83. The Balaban J connectivity index is 2.07. The molecule has 0 saturated heterocycles. The third-order valence-corrected chi connectivity index (χ3v) is 3.84. The van der Waals surface area contributed by atoms with Crippen LogP contribution in [0.15, 0.2) is 18.2 Å². The lowest BCUT2D eigenvalue weighted by molar-refractivity contribution is 0.0929. The van der Waals surface area contributed by atoms with E-state index in [0.29, 0.717) is 28.1 Å². The number of rotatable bonds is 3. The standard InChI is InChI=1S/C13H16Cl2N2O/c14-10-4-9(5-11(15)6-10)13(18)17-12-3-1-2-8(12)7-16/h4-6,8,12H,1-3,7,16H2,(H,17,18). The van der Waals surface area contributed by atoms with Gasteiger partial charge in [-0.05, 0) is 43.5 Å². The van der Waals surface area contributed by atoms with E-state index in [1.54, 1.807) is 18.2 Å². The highest BCUT2D eigenvalue weighted by atomic mass is 35.5. The molecule has 1 fully saturated rings. The van der Waals surface area contributed by atoms with Gasteiger partial charge in [-0.25, -0.2) is 0 Å². The van der Waals surface area contributed by atoms with Gasteiger partial charge in [-0.1, -0.05) is 29.6 Å². The minimum atomic E-state index is -0.134. The van der Waals surface area contributed by atoms with Crippen molar-refractivity contribution in [2.75, 3.05) is 6.54 Å². The summed E-state index contributed by atoms with van der Waals surface area (Å²) in [5.41, 5.74) is 6.19. The summed E-state index contributed by atoms with van der Waals surface area (Å²) in [6.07, 6.45) is 3.18. The van der Waals surface area contributed by atoms with E-state index in [1.807, 2.05) is 0 Å². The number of carbonyl (C=O) groups is 1. The highest BCUT2D eigenvalue weighted by molar-refractivity contribution is 6.35. The molecule has 1 amide bonds. The van der Waals surface area contributed by atoms with Gasteiger partial charge >= 0.3 is 0 Å². The summed E-state index contributed by atoms with van der Waals surface area (Å²) in [6.45, 7) is 0.612. The van der Waals surface area contributed by atoms with Gasteiger partial charge in [0, 0.05) is 21.7 Å². The van der Waals surface area contributed by atoms with Crippen molar-refractivity contribution in [2.45, 2.75) is 25.3 Å². The Hall–Kier alpha value is -0.770. The molecule has 0 aliphatic heterocycles. The maximum Gasteiger partial charge on any atom is 0.251 e. The number of nitrogens with one attached hydrogen (secondary N) is 1. The molecule has 98 valence electrons. The van der Waals surface area contributed by atoms with E-state index in [1.165, 1.54) is 0 Å². The third kappa shape index (κ3) is 3.16. The van der Waals surface area contributed by atoms with Gasteiger partial charge in [0.25, 0.3) is 5.91 Å². The quantitative estimate of drug-likeness (QED) is 0.898. The summed E-state index contributed by atoms with van der Waals surface area (Å²) in [5.74, 6) is 0.244. The molecule has 3 N–H and O–H groups in total. The number of amides is 1. The molecule has 2 atom stereocenters. The molecule has 18 heavy (non-hydrogen) atoms. The third-order valence-electron chi connectivity index (χ3n) is 3.40. The van der Waals surface area contributed by atoms with Gasteiger partial charge < -0.3 is 11.1 Å². The van der Waals surface area contributed by atoms with Crippen molar-refractivity contribution in [3.63, 3.8) is 0 Å². The Kier molecular flexibility index (Phi) is 4.49. The summed E-state index contributed by atoms with van der Waals surface area (Å²) in [6, 6.07) is 5.02. The summed E-state index contributed by atoms with van der Waals surface area (Å²) in [7, 11) is 0. The second-order valence-corrected chi connectivity index (χ2v) is 5.54. The number of hydrogen-bond donors (Lipinski definition) is 2. The average Bonchev–Trinajstić information content (AvgIpc) is 2.75. The first-order chi connectivity index (χ1) is 8.60. The fraction of sp³-hybridized carbons (Fsp3) is 0.462. The SMILES string of the molecule is NCC1CCCC1NC(=O)c1cc(Cl)cc(Cl)c1. The van der Waals surface area contributed by atoms with Crippen molar-refractivity contribution in [3.8, 4) is 0 Å². The molecule has 3 nitrogen and oxygen atoms in total. The van der Waals surface area contributed by atoms with Crippen LogP contribution in [0.5, 0.6) is 0 Å². The predicted octanol–water partition coefficient (Wildman–Crippen LogP) is 2.85. The summed E-state index contributed by atoms with van der Waals surface area (Å²) in [4.78, 5) is 12.1. The molecule has 0 heterocycles. The van der Waals surface area contributed by atoms with Crippen molar-refractivity contribution in [3.05, 3.63) is 33.8 Å². The molecule has 1 aromatic rings. The van der Waals surface area contributed by atoms with Crippen LogP contribution in [0.2, 0.25) is 10.0 Å². The van der Waals surface area contributed by atoms with Crippen LogP contribution in [-0.2, 0) is 0 Å². The van der Waals surface area contributed by atoms with Gasteiger partial charge in [0.15, 0.2) is 0 Å². The van der Waals surface area contributed by atoms with E-state index >= 15 is 0 Å². The Morgan fingerprint density at radius 2 is 1.94 bits per heavy atom. The molecule has 0 radical (unpaired) electrons. The first kappa shape index (κ1) is 13.7. The summed E-state index contributed by atoms with van der Waals surface area (Å²) in [5, 5.41) is 3.95.